The van der Waals surface area contributed by atoms with Crippen LogP contribution in [-0.2, 0) is 25.6 Å². The normalized spacial score (nSPS) is 12.5. The van der Waals surface area contributed by atoms with Gasteiger partial charge in [0.25, 0.3) is 0 Å². The molecule has 2 heterocycles. The van der Waals surface area contributed by atoms with Crippen LogP contribution in [0.15, 0.2) is 26.3 Å². The summed E-state index contributed by atoms with van der Waals surface area (Å²) >= 11 is 3.51. The van der Waals surface area contributed by atoms with Gasteiger partial charge in [-0.1, -0.05) is 25.9 Å². The highest BCUT2D eigenvalue weighted by Crippen LogP contribution is 2.20. The lowest BCUT2D eigenvalue weighted by Gasteiger charge is -2.22. The Balaban J connectivity index is 2.09. The number of hydrogen-bond acceptors (Lipinski definition) is 4. The SMILES string of the molecule is CCNC(=NCc1noc(C(C)(C)C)n1)N(C)Cc1cc(Br)cn1C. The number of hydrogen-bond donors (Lipinski definition) is 1. The Labute approximate surface area is 157 Å². The average Bonchev–Trinajstić information content (AvgIpc) is 3.10. The Morgan fingerprint density at radius 3 is 2.68 bits per heavy atom. The van der Waals surface area contributed by atoms with Gasteiger partial charge in [-0.15, -0.1) is 0 Å². The first-order valence-electron chi connectivity index (χ1n) is 8.34. The fraction of sp³-hybridized carbons (Fsp3) is 0.588. The van der Waals surface area contributed by atoms with E-state index in [1.807, 2.05) is 41.1 Å². The van der Waals surface area contributed by atoms with Crippen molar-refractivity contribution in [3.8, 4) is 0 Å². The van der Waals surface area contributed by atoms with E-state index < -0.39 is 0 Å². The van der Waals surface area contributed by atoms with Crippen LogP contribution in [0.4, 0.5) is 0 Å². The lowest BCUT2D eigenvalue weighted by atomic mass is 9.97. The number of aryl methyl sites for hydroxylation is 1. The van der Waals surface area contributed by atoms with Gasteiger partial charge in [0.2, 0.25) is 5.89 Å². The number of aromatic nitrogens is 3. The lowest BCUT2D eigenvalue weighted by Crippen LogP contribution is -2.38. The minimum absolute atomic E-state index is 0.157. The minimum atomic E-state index is -0.157. The maximum Gasteiger partial charge on any atom is 0.232 e. The molecule has 25 heavy (non-hydrogen) atoms. The third-order valence-corrected chi connectivity index (χ3v) is 4.08. The van der Waals surface area contributed by atoms with Crippen molar-refractivity contribution in [1.29, 1.82) is 0 Å². The van der Waals surface area contributed by atoms with Gasteiger partial charge in [0.15, 0.2) is 11.8 Å². The van der Waals surface area contributed by atoms with Crippen molar-refractivity contribution in [2.45, 2.75) is 46.2 Å². The summed E-state index contributed by atoms with van der Waals surface area (Å²) in [6.45, 7) is 10.1. The third-order valence-electron chi connectivity index (χ3n) is 3.65. The van der Waals surface area contributed by atoms with Gasteiger partial charge in [0, 0.05) is 42.4 Å². The molecule has 1 N–H and O–H groups in total. The van der Waals surface area contributed by atoms with Gasteiger partial charge >= 0.3 is 0 Å². The quantitative estimate of drug-likeness (QED) is 0.605. The van der Waals surface area contributed by atoms with Crippen molar-refractivity contribution in [2.75, 3.05) is 13.6 Å². The first-order chi connectivity index (χ1) is 11.7. The van der Waals surface area contributed by atoms with Crippen molar-refractivity contribution in [2.24, 2.45) is 12.0 Å². The largest absolute Gasteiger partial charge is 0.357 e. The molecule has 0 fully saturated rings. The van der Waals surface area contributed by atoms with E-state index >= 15 is 0 Å². The second-order valence-corrected chi connectivity index (χ2v) is 7.97. The van der Waals surface area contributed by atoms with Crippen LogP contribution in [0.3, 0.4) is 0 Å². The summed E-state index contributed by atoms with van der Waals surface area (Å²) in [7, 11) is 4.05. The highest BCUT2D eigenvalue weighted by atomic mass is 79.9. The highest BCUT2D eigenvalue weighted by molar-refractivity contribution is 9.10. The highest BCUT2D eigenvalue weighted by Gasteiger charge is 2.21. The van der Waals surface area contributed by atoms with Crippen molar-refractivity contribution in [3.63, 3.8) is 0 Å². The summed E-state index contributed by atoms with van der Waals surface area (Å²) < 4.78 is 8.49. The monoisotopic (exact) mass is 410 g/mol. The van der Waals surface area contributed by atoms with E-state index in [9.17, 15) is 0 Å². The number of nitrogens with one attached hydrogen (secondary N) is 1. The topological polar surface area (TPSA) is 71.5 Å². The van der Waals surface area contributed by atoms with Gasteiger partial charge in [-0.05, 0) is 28.9 Å². The summed E-state index contributed by atoms with van der Waals surface area (Å²) in [6, 6.07) is 2.11. The van der Waals surface area contributed by atoms with Crippen LogP contribution < -0.4 is 5.32 Å². The Morgan fingerprint density at radius 2 is 2.16 bits per heavy atom. The van der Waals surface area contributed by atoms with E-state index in [-0.39, 0.29) is 5.41 Å². The van der Waals surface area contributed by atoms with Crippen molar-refractivity contribution < 1.29 is 4.52 Å². The van der Waals surface area contributed by atoms with Crippen LogP contribution in [0.2, 0.25) is 0 Å². The molecule has 2 aromatic heterocycles. The summed E-state index contributed by atoms with van der Waals surface area (Å²) in [4.78, 5) is 11.1. The molecule has 0 aliphatic heterocycles. The smallest absolute Gasteiger partial charge is 0.232 e. The molecule has 0 amide bonds. The molecule has 0 unspecified atom stereocenters. The summed E-state index contributed by atoms with van der Waals surface area (Å²) in [5.41, 5.74) is 1.03. The van der Waals surface area contributed by atoms with Crippen LogP contribution in [0.5, 0.6) is 0 Å². The van der Waals surface area contributed by atoms with Gasteiger partial charge in [-0.3, -0.25) is 0 Å². The zero-order valence-electron chi connectivity index (χ0n) is 15.8. The molecular weight excluding hydrogens is 384 g/mol. The van der Waals surface area contributed by atoms with Crippen LogP contribution in [0.25, 0.3) is 0 Å². The molecule has 7 nitrogen and oxygen atoms in total. The Bertz CT molecular complexity index is 728. The molecular formula is C17H27BrN6O. The van der Waals surface area contributed by atoms with Gasteiger partial charge < -0.3 is 19.3 Å². The molecule has 0 aromatic carbocycles. The molecule has 0 saturated heterocycles. The number of guanidine groups is 1. The van der Waals surface area contributed by atoms with E-state index in [1.165, 1.54) is 5.69 Å². The third kappa shape index (κ3) is 5.32. The molecule has 0 bridgehead atoms. The Kier molecular flexibility index (Phi) is 6.26. The van der Waals surface area contributed by atoms with Crippen LogP contribution in [0.1, 0.15) is 45.1 Å². The van der Waals surface area contributed by atoms with Crippen LogP contribution >= 0.6 is 15.9 Å². The standard InChI is InChI=1S/C17H27BrN6O/c1-7-19-16(24(6)11-13-8-12(18)10-23(13)5)20-9-14-21-15(25-22-14)17(2,3)4/h8,10H,7,9,11H2,1-6H3,(H,19,20). The molecule has 0 aliphatic rings. The predicted molar refractivity (Wildman–Crippen MR) is 102 cm³/mol. The summed E-state index contributed by atoms with van der Waals surface area (Å²) in [5, 5.41) is 7.33. The maximum atomic E-state index is 5.32. The number of halogens is 1. The zero-order chi connectivity index (χ0) is 18.6. The molecule has 0 radical (unpaired) electrons. The Hall–Kier alpha value is -1.83. The van der Waals surface area contributed by atoms with E-state index in [2.05, 4.69) is 58.8 Å². The zero-order valence-corrected chi connectivity index (χ0v) is 17.4. The van der Waals surface area contributed by atoms with E-state index in [0.29, 0.717) is 18.3 Å². The fourth-order valence-corrected chi connectivity index (χ4v) is 2.85. The number of aliphatic imine (C=N–C) groups is 1. The molecule has 8 heteroatoms. The summed E-state index contributed by atoms with van der Waals surface area (Å²) in [5.74, 6) is 2.03. The van der Waals surface area contributed by atoms with Crippen molar-refractivity contribution in [1.82, 2.24) is 24.9 Å². The van der Waals surface area contributed by atoms with E-state index in [1.54, 1.807) is 0 Å². The Morgan fingerprint density at radius 1 is 1.44 bits per heavy atom. The van der Waals surface area contributed by atoms with Crippen LogP contribution in [0, 0.1) is 0 Å². The number of nitrogens with zero attached hydrogens (tertiary/aromatic N) is 5. The second kappa shape index (κ2) is 8.03. The average molecular weight is 411 g/mol. The maximum absolute atomic E-state index is 5.32. The van der Waals surface area contributed by atoms with Crippen molar-refractivity contribution >= 4 is 21.9 Å². The molecule has 0 saturated carbocycles. The van der Waals surface area contributed by atoms with Gasteiger partial charge in [-0.25, -0.2) is 4.99 Å². The molecule has 0 aliphatic carbocycles. The molecule has 2 rings (SSSR count). The van der Waals surface area contributed by atoms with Gasteiger partial charge in [0.05, 0.1) is 6.54 Å². The van der Waals surface area contributed by atoms with E-state index in [4.69, 9.17) is 4.52 Å². The predicted octanol–water partition coefficient (Wildman–Crippen LogP) is 3.07. The molecule has 2 aromatic rings. The minimum Gasteiger partial charge on any atom is -0.357 e. The second-order valence-electron chi connectivity index (χ2n) is 7.05. The van der Waals surface area contributed by atoms with E-state index in [0.717, 1.165) is 23.5 Å². The molecule has 138 valence electrons. The summed E-state index contributed by atoms with van der Waals surface area (Å²) in [6.07, 6.45) is 2.04. The van der Waals surface area contributed by atoms with Crippen molar-refractivity contribution in [3.05, 3.63) is 34.1 Å². The fourth-order valence-electron chi connectivity index (χ4n) is 2.28. The first kappa shape index (κ1) is 19.5. The number of rotatable bonds is 5. The first-order valence-corrected chi connectivity index (χ1v) is 9.13. The van der Waals surface area contributed by atoms with Gasteiger partial charge in [-0.2, -0.15) is 4.98 Å². The van der Waals surface area contributed by atoms with Crippen LogP contribution in [-0.4, -0.2) is 39.2 Å². The lowest BCUT2D eigenvalue weighted by molar-refractivity contribution is 0.318. The molecule has 0 spiro atoms. The molecule has 0 atom stereocenters. The van der Waals surface area contributed by atoms with Gasteiger partial charge in [0.1, 0.15) is 6.54 Å².